The van der Waals surface area contributed by atoms with Crippen LogP contribution < -0.4 is 5.32 Å². The normalized spacial score (nSPS) is 11.6. The lowest BCUT2D eigenvalue weighted by atomic mass is 10.2. The Hall–Kier alpha value is -1.94. The van der Waals surface area contributed by atoms with Crippen LogP contribution >= 0.6 is 31.9 Å². The van der Waals surface area contributed by atoms with Gasteiger partial charge in [-0.15, -0.1) is 0 Å². The van der Waals surface area contributed by atoms with Gasteiger partial charge >= 0.3 is 6.18 Å². The van der Waals surface area contributed by atoms with Crippen LogP contribution in [0, 0.1) is 6.92 Å². The van der Waals surface area contributed by atoms with Crippen LogP contribution in [0.3, 0.4) is 0 Å². The van der Waals surface area contributed by atoms with Crippen molar-refractivity contribution in [1.82, 2.24) is 19.5 Å². The fraction of sp³-hybridized carbons (Fsp3) is 0.133. The highest BCUT2D eigenvalue weighted by Crippen LogP contribution is 2.30. The summed E-state index contributed by atoms with van der Waals surface area (Å²) in [7, 11) is 0. The third-order valence-corrected chi connectivity index (χ3v) is 5.10. The summed E-state index contributed by atoms with van der Waals surface area (Å²) in [5.74, 6) is 1.60. The van der Waals surface area contributed by atoms with Crippen LogP contribution in [-0.4, -0.2) is 19.5 Å². The second-order valence-electron chi connectivity index (χ2n) is 5.04. The van der Waals surface area contributed by atoms with Crippen LogP contribution in [0.15, 0.2) is 45.9 Å². The molecule has 0 aliphatic heterocycles. The van der Waals surface area contributed by atoms with E-state index in [2.05, 4.69) is 52.1 Å². The third-order valence-electron chi connectivity index (χ3n) is 3.29. The van der Waals surface area contributed by atoms with Crippen molar-refractivity contribution in [3.8, 4) is 5.82 Å². The average Bonchev–Trinajstić information content (AvgIpc) is 2.80. The molecular formula is C15H10Br2F3N5. The van der Waals surface area contributed by atoms with Gasteiger partial charge in [-0.05, 0) is 63.0 Å². The van der Waals surface area contributed by atoms with Crippen LogP contribution in [0.5, 0.6) is 0 Å². The lowest BCUT2D eigenvalue weighted by molar-refractivity contribution is -0.137. The first-order valence-corrected chi connectivity index (χ1v) is 8.51. The van der Waals surface area contributed by atoms with Crippen LogP contribution in [-0.2, 0) is 6.18 Å². The van der Waals surface area contributed by atoms with Gasteiger partial charge in [-0.3, -0.25) is 9.55 Å². The Balaban J connectivity index is 1.87. The van der Waals surface area contributed by atoms with Gasteiger partial charge < -0.3 is 5.32 Å². The van der Waals surface area contributed by atoms with Gasteiger partial charge in [0, 0.05) is 5.69 Å². The Morgan fingerprint density at radius 1 is 1.04 bits per heavy atom. The zero-order valence-electron chi connectivity index (χ0n) is 12.6. The predicted molar refractivity (Wildman–Crippen MR) is 94.0 cm³/mol. The second-order valence-corrected chi connectivity index (χ2v) is 6.54. The summed E-state index contributed by atoms with van der Waals surface area (Å²) in [5, 5.41) is 2.94. The highest BCUT2D eigenvalue weighted by atomic mass is 79.9. The molecule has 130 valence electrons. The number of benzene rings is 1. The summed E-state index contributed by atoms with van der Waals surface area (Å²) >= 11 is 6.74. The number of nitrogens with one attached hydrogen (secondary N) is 1. The summed E-state index contributed by atoms with van der Waals surface area (Å²) < 4.78 is 40.9. The minimum Gasteiger partial charge on any atom is -0.339 e. The Morgan fingerprint density at radius 3 is 2.28 bits per heavy atom. The average molecular weight is 477 g/mol. The summed E-state index contributed by atoms with van der Waals surface area (Å²) in [6.45, 7) is 1.81. The largest absolute Gasteiger partial charge is 0.416 e. The molecule has 0 bridgehead atoms. The maximum absolute atomic E-state index is 12.6. The zero-order chi connectivity index (χ0) is 18.2. The van der Waals surface area contributed by atoms with Crippen LogP contribution in [0.1, 0.15) is 11.4 Å². The number of imidazole rings is 1. The van der Waals surface area contributed by atoms with Gasteiger partial charge in [0.15, 0.2) is 11.6 Å². The van der Waals surface area contributed by atoms with Gasteiger partial charge in [-0.2, -0.15) is 13.2 Å². The number of aryl methyl sites for hydroxylation is 1. The molecule has 0 aliphatic carbocycles. The Labute approximate surface area is 157 Å². The van der Waals surface area contributed by atoms with Crippen molar-refractivity contribution < 1.29 is 13.2 Å². The number of hydrogen-bond donors (Lipinski definition) is 1. The van der Waals surface area contributed by atoms with Gasteiger partial charge in [-0.25, -0.2) is 9.97 Å². The van der Waals surface area contributed by atoms with E-state index in [9.17, 15) is 13.2 Å². The lowest BCUT2D eigenvalue weighted by Gasteiger charge is -2.10. The maximum Gasteiger partial charge on any atom is 0.416 e. The molecule has 0 aliphatic rings. The van der Waals surface area contributed by atoms with Crippen molar-refractivity contribution >= 4 is 43.4 Å². The molecule has 0 unspecified atom stereocenters. The third kappa shape index (κ3) is 3.84. The number of hydrogen-bond acceptors (Lipinski definition) is 4. The number of nitrogens with zero attached hydrogens (tertiary/aromatic N) is 4. The molecule has 0 amide bonds. The topological polar surface area (TPSA) is 55.6 Å². The molecule has 2 aromatic heterocycles. The minimum atomic E-state index is -4.36. The lowest BCUT2D eigenvalue weighted by Crippen LogP contribution is -2.05. The molecule has 0 saturated heterocycles. The molecule has 3 rings (SSSR count). The smallest absolute Gasteiger partial charge is 0.339 e. The van der Waals surface area contributed by atoms with Crippen molar-refractivity contribution in [1.29, 1.82) is 0 Å². The molecule has 25 heavy (non-hydrogen) atoms. The first-order chi connectivity index (χ1) is 11.8. The first-order valence-electron chi connectivity index (χ1n) is 6.93. The summed E-state index contributed by atoms with van der Waals surface area (Å²) in [4.78, 5) is 12.8. The van der Waals surface area contributed by atoms with E-state index in [1.54, 1.807) is 10.8 Å². The summed E-state index contributed by atoms with van der Waals surface area (Å²) in [6, 6.07) is 4.69. The van der Waals surface area contributed by atoms with Crippen molar-refractivity contribution in [2.24, 2.45) is 0 Å². The molecule has 0 fully saturated rings. The molecule has 3 aromatic rings. The Bertz CT molecular complexity index is 907. The number of alkyl halides is 3. The fourth-order valence-electron chi connectivity index (χ4n) is 2.15. The maximum atomic E-state index is 12.6. The van der Waals surface area contributed by atoms with Gasteiger partial charge in [0.25, 0.3) is 0 Å². The predicted octanol–water partition coefficient (Wildman–Crippen LogP) is 5.26. The molecular weight excluding hydrogens is 467 g/mol. The number of rotatable bonds is 3. The quantitative estimate of drug-likeness (QED) is 0.560. The van der Waals surface area contributed by atoms with Crippen LogP contribution in [0.25, 0.3) is 5.82 Å². The Morgan fingerprint density at radius 2 is 1.72 bits per heavy atom. The van der Waals surface area contributed by atoms with Crippen molar-refractivity contribution in [3.05, 3.63) is 57.3 Å². The molecule has 0 saturated carbocycles. The van der Waals surface area contributed by atoms with E-state index in [1.165, 1.54) is 18.3 Å². The monoisotopic (exact) mass is 475 g/mol. The van der Waals surface area contributed by atoms with E-state index in [-0.39, 0.29) is 0 Å². The van der Waals surface area contributed by atoms with Crippen molar-refractivity contribution in [2.45, 2.75) is 13.1 Å². The molecule has 0 radical (unpaired) electrons. The molecule has 2 heterocycles. The van der Waals surface area contributed by atoms with Gasteiger partial charge in [0.2, 0.25) is 0 Å². The standard InChI is InChI=1S/C15H10Br2F3N5/c1-8-22-13(16)14(17)25(8)12-7-21-6-11(24-12)23-10-4-2-9(3-5-10)15(18,19)20/h2-7H,1H3,(H,23,24). The molecule has 1 aromatic carbocycles. The molecule has 10 heteroatoms. The summed E-state index contributed by atoms with van der Waals surface area (Å²) in [5.41, 5.74) is -0.234. The Kier molecular flexibility index (Phi) is 4.83. The van der Waals surface area contributed by atoms with E-state index in [1.807, 2.05) is 6.92 Å². The summed E-state index contributed by atoms with van der Waals surface area (Å²) in [6.07, 6.45) is -1.32. The van der Waals surface area contributed by atoms with Crippen molar-refractivity contribution in [2.75, 3.05) is 5.32 Å². The van der Waals surface area contributed by atoms with Crippen LogP contribution in [0.4, 0.5) is 24.7 Å². The first kappa shape index (κ1) is 17.9. The molecule has 5 nitrogen and oxygen atoms in total. The zero-order valence-corrected chi connectivity index (χ0v) is 15.8. The van der Waals surface area contributed by atoms with E-state index in [0.29, 0.717) is 32.4 Å². The van der Waals surface area contributed by atoms with Gasteiger partial charge in [0.1, 0.15) is 15.0 Å². The van der Waals surface area contributed by atoms with E-state index >= 15 is 0 Å². The molecule has 0 spiro atoms. The highest BCUT2D eigenvalue weighted by Gasteiger charge is 2.29. The highest BCUT2D eigenvalue weighted by molar-refractivity contribution is 9.13. The van der Waals surface area contributed by atoms with Crippen molar-refractivity contribution in [3.63, 3.8) is 0 Å². The SMILES string of the molecule is Cc1nc(Br)c(Br)n1-c1cncc(Nc2ccc(C(F)(F)F)cc2)n1. The molecule has 0 atom stereocenters. The minimum absolute atomic E-state index is 0.397. The van der Waals surface area contributed by atoms with E-state index in [0.717, 1.165) is 12.1 Å². The van der Waals surface area contributed by atoms with Gasteiger partial charge in [-0.1, -0.05) is 0 Å². The number of aromatic nitrogens is 4. The van der Waals surface area contributed by atoms with E-state index < -0.39 is 11.7 Å². The van der Waals surface area contributed by atoms with E-state index in [4.69, 9.17) is 0 Å². The molecule has 1 N–H and O–H groups in total. The fourth-order valence-corrected chi connectivity index (χ4v) is 3.11. The second kappa shape index (κ2) is 6.75. The number of anilines is 2. The van der Waals surface area contributed by atoms with Gasteiger partial charge in [0.05, 0.1) is 18.0 Å². The van der Waals surface area contributed by atoms with Crippen LogP contribution in [0.2, 0.25) is 0 Å². The number of halogens is 5.